The Morgan fingerprint density at radius 1 is 0.929 bits per heavy atom. The van der Waals surface area contributed by atoms with Crippen LogP contribution in [0.1, 0.15) is 29.9 Å². The van der Waals surface area contributed by atoms with Crippen molar-refractivity contribution in [3.8, 4) is 11.1 Å². The summed E-state index contributed by atoms with van der Waals surface area (Å²) in [5.74, 6) is 0.298. The van der Waals surface area contributed by atoms with Crippen LogP contribution >= 0.6 is 0 Å². The van der Waals surface area contributed by atoms with Crippen molar-refractivity contribution in [2.45, 2.75) is 31.3 Å². The molecular weight excluding hydrogens is 347 g/mol. The van der Waals surface area contributed by atoms with Crippen molar-refractivity contribution >= 4 is 5.69 Å². The lowest BCUT2D eigenvalue weighted by Crippen LogP contribution is -2.29. The Bertz CT molecular complexity index is 969. The van der Waals surface area contributed by atoms with E-state index in [2.05, 4.69) is 58.7 Å². The van der Waals surface area contributed by atoms with Gasteiger partial charge in [-0.3, -0.25) is 4.90 Å². The Labute approximate surface area is 166 Å². The zero-order valence-electron chi connectivity index (χ0n) is 15.9. The highest BCUT2D eigenvalue weighted by atomic mass is 19.1. The van der Waals surface area contributed by atoms with Crippen molar-refractivity contribution in [3.63, 3.8) is 0 Å². The van der Waals surface area contributed by atoms with E-state index in [1.54, 1.807) is 12.1 Å². The van der Waals surface area contributed by atoms with Gasteiger partial charge in [-0.1, -0.05) is 48.5 Å². The van der Waals surface area contributed by atoms with E-state index in [4.69, 9.17) is 0 Å². The van der Waals surface area contributed by atoms with E-state index < -0.39 is 0 Å². The van der Waals surface area contributed by atoms with Gasteiger partial charge in [-0.25, -0.2) is 4.39 Å². The van der Waals surface area contributed by atoms with Gasteiger partial charge in [0.05, 0.1) is 0 Å². The molecule has 0 radical (unpaired) electrons. The predicted octanol–water partition coefficient (Wildman–Crippen LogP) is 5.67. The molecule has 2 atom stereocenters. The summed E-state index contributed by atoms with van der Waals surface area (Å²) in [4.78, 5) is 2.59. The molecule has 28 heavy (non-hydrogen) atoms. The van der Waals surface area contributed by atoms with Gasteiger partial charge in [-0.15, -0.1) is 0 Å². The molecule has 0 saturated carbocycles. The Hall–Kier alpha value is -2.65. The topological polar surface area (TPSA) is 15.3 Å². The molecule has 1 fully saturated rings. The van der Waals surface area contributed by atoms with Gasteiger partial charge in [0.2, 0.25) is 0 Å². The number of halogens is 1. The zero-order chi connectivity index (χ0) is 18.9. The molecule has 0 aliphatic carbocycles. The van der Waals surface area contributed by atoms with Crippen molar-refractivity contribution in [2.75, 3.05) is 18.4 Å². The number of benzene rings is 3. The largest absolute Gasteiger partial charge is 0.381 e. The Kier molecular flexibility index (Phi) is 4.61. The fourth-order valence-corrected chi connectivity index (χ4v) is 4.75. The lowest BCUT2D eigenvalue weighted by atomic mass is 9.91. The van der Waals surface area contributed by atoms with Crippen LogP contribution in [0.15, 0.2) is 72.8 Å². The summed E-state index contributed by atoms with van der Waals surface area (Å²) in [5.41, 5.74) is 6.05. The third kappa shape index (κ3) is 3.43. The van der Waals surface area contributed by atoms with E-state index in [0.717, 1.165) is 30.8 Å². The van der Waals surface area contributed by atoms with Crippen molar-refractivity contribution in [1.29, 1.82) is 0 Å². The minimum atomic E-state index is -0.183. The average molecular weight is 372 g/mol. The second-order valence-corrected chi connectivity index (χ2v) is 8.03. The highest BCUT2D eigenvalue weighted by molar-refractivity contribution is 5.71. The fraction of sp³-hybridized carbons (Fsp3) is 0.280. The first-order valence-corrected chi connectivity index (χ1v) is 10.2. The Balaban J connectivity index is 1.43. The number of rotatable bonds is 3. The minimum absolute atomic E-state index is 0.183. The maximum absolute atomic E-state index is 13.7. The molecule has 2 nitrogen and oxygen atoms in total. The van der Waals surface area contributed by atoms with Gasteiger partial charge in [-0.05, 0) is 65.9 Å². The van der Waals surface area contributed by atoms with Gasteiger partial charge in [0.15, 0.2) is 0 Å². The summed E-state index contributed by atoms with van der Waals surface area (Å²) in [5, 5.41) is 3.75. The Morgan fingerprint density at radius 2 is 1.79 bits per heavy atom. The van der Waals surface area contributed by atoms with E-state index in [1.807, 2.05) is 6.07 Å². The molecular formula is C25H25FN2. The van der Waals surface area contributed by atoms with Crippen LogP contribution in [-0.4, -0.2) is 24.0 Å². The van der Waals surface area contributed by atoms with Gasteiger partial charge < -0.3 is 5.32 Å². The van der Waals surface area contributed by atoms with Crippen LogP contribution < -0.4 is 5.32 Å². The molecule has 2 unspecified atom stereocenters. The molecule has 0 bridgehead atoms. The molecule has 5 rings (SSSR count). The molecule has 1 saturated heterocycles. The van der Waals surface area contributed by atoms with Crippen LogP contribution in [-0.2, 0) is 6.54 Å². The van der Waals surface area contributed by atoms with Crippen LogP contribution in [0.3, 0.4) is 0 Å². The second kappa shape index (κ2) is 7.40. The smallest absolute Gasteiger partial charge is 0.123 e. The van der Waals surface area contributed by atoms with Gasteiger partial charge in [0, 0.05) is 30.7 Å². The summed E-state index contributed by atoms with van der Waals surface area (Å²) in [6.45, 7) is 3.21. The maximum atomic E-state index is 13.7. The number of likely N-dealkylation sites (tertiary alicyclic amines) is 1. The lowest BCUT2D eigenvalue weighted by molar-refractivity contribution is 0.264. The fourth-order valence-electron chi connectivity index (χ4n) is 4.75. The molecule has 3 heteroatoms. The van der Waals surface area contributed by atoms with Crippen LogP contribution in [0.5, 0.6) is 0 Å². The maximum Gasteiger partial charge on any atom is 0.123 e. The molecule has 2 aliphatic rings. The molecule has 0 aromatic heterocycles. The summed E-state index contributed by atoms with van der Waals surface area (Å²) >= 11 is 0. The molecule has 3 aromatic rings. The van der Waals surface area contributed by atoms with E-state index >= 15 is 0 Å². The molecule has 0 spiro atoms. The van der Waals surface area contributed by atoms with Crippen LogP contribution in [0.25, 0.3) is 11.1 Å². The molecule has 3 aromatic carbocycles. The predicted molar refractivity (Wildman–Crippen MR) is 113 cm³/mol. The highest BCUT2D eigenvalue weighted by Crippen LogP contribution is 2.41. The number of nitrogens with zero attached hydrogens (tertiary/aromatic N) is 1. The highest BCUT2D eigenvalue weighted by Gasteiger charge is 2.35. The summed E-state index contributed by atoms with van der Waals surface area (Å²) < 4.78 is 13.7. The number of hydrogen-bond acceptors (Lipinski definition) is 2. The van der Waals surface area contributed by atoms with E-state index in [9.17, 15) is 4.39 Å². The minimum Gasteiger partial charge on any atom is -0.381 e. The number of hydrogen-bond donors (Lipinski definition) is 1. The molecule has 0 amide bonds. The standard InChI is InChI=1S/C25H25FN2/c26-21-9-4-8-19(14-21)20-11-12-25-22(15-20)23-17-28(13-5-10-24(23)27-25)16-18-6-2-1-3-7-18/h1-4,6-9,11-12,14-15,23-24,27H,5,10,13,16-17H2. The number of fused-ring (bicyclic) bond motifs is 3. The SMILES string of the molecule is Fc1cccc(-c2ccc3c(c2)C2CN(Cc4ccccc4)CCCC2N3)c1. The molecule has 2 aliphatic heterocycles. The quantitative estimate of drug-likeness (QED) is 0.637. The first-order valence-electron chi connectivity index (χ1n) is 10.2. The second-order valence-electron chi connectivity index (χ2n) is 8.03. The van der Waals surface area contributed by atoms with E-state index in [-0.39, 0.29) is 5.82 Å². The van der Waals surface area contributed by atoms with Gasteiger partial charge in [0.1, 0.15) is 5.82 Å². The van der Waals surface area contributed by atoms with Crippen LogP contribution in [0, 0.1) is 5.82 Å². The third-order valence-corrected chi connectivity index (χ3v) is 6.13. The normalized spacial score (nSPS) is 21.5. The van der Waals surface area contributed by atoms with Crippen LogP contribution in [0.4, 0.5) is 10.1 Å². The van der Waals surface area contributed by atoms with Gasteiger partial charge in [0.25, 0.3) is 0 Å². The summed E-state index contributed by atoms with van der Waals surface area (Å²) in [7, 11) is 0. The van der Waals surface area contributed by atoms with Crippen LogP contribution in [0.2, 0.25) is 0 Å². The average Bonchev–Trinajstić information content (AvgIpc) is 2.92. The Morgan fingerprint density at radius 3 is 2.64 bits per heavy atom. The molecule has 1 N–H and O–H groups in total. The lowest BCUT2D eigenvalue weighted by Gasteiger charge is -2.24. The third-order valence-electron chi connectivity index (χ3n) is 6.13. The summed E-state index contributed by atoms with van der Waals surface area (Å²) in [6, 6.07) is 24.7. The molecule has 2 heterocycles. The van der Waals surface area contributed by atoms with Gasteiger partial charge >= 0.3 is 0 Å². The monoisotopic (exact) mass is 372 g/mol. The first-order chi connectivity index (χ1) is 13.8. The summed E-state index contributed by atoms with van der Waals surface area (Å²) in [6.07, 6.45) is 2.41. The first kappa shape index (κ1) is 17.4. The van der Waals surface area contributed by atoms with Crippen molar-refractivity contribution in [1.82, 2.24) is 4.90 Å². The zero-order valence-corrected chi connectivity index (χ0v) is 15.9. The van der Waals surface area contributed by atoms with Gasteiger partial charge in [-0.2, -0.15) is 0 Å². The van der Waals surface area contributed by atoms with Crippen molar-refractivity contribution < 1.29 is 4.39 Å². The number of nitrogens with one attached hydrogen (secondary N) is 1. The van der Waals surface area contributed by atoms with Crippen molar-refractivity contribution in [2.24, 2.45) is 0 Å². The molecule has 142 valence electrons. The number of anilines is 1. The van der Waals surface area contributed by atoms with E-state index in [0.29, 0.717) is 12.0 Å². The van der Waals surface area contributed by atoms with Crippen molar-refractivity contribution in [3.05, 3.63) is 89.7 Å². The van der Waals surface area contributed by atoms with E-state index in [1.165, 1.54) is 35.7 Å².